The molecule has 0 aromatic heterocycles. The standard InChI is InChI=1S/C26H21F6NO/c27-21-6-2-1-5-18(21)24-9-4-14-33(24)25(34)19(15-20-22(28)7-3-8-23(20)29)16-10-12-17(13-11-16)26(30,31)32/h1-3,5-8,10-13,19,24H,4,9,14-15H2. The molecule has 3 aromatic carbocycles. The molecule has 1 saturated heterocycles. The highest BCUT2D eigenvalue weighted by atomic mass is 19.4. The number of likely N-dealkylation sites (tertiary alicyclic amines) is 1. The molecule has 2 nitrogen and oxygen atoms in total. The van der Waals surface area contributed by atoms with E-state index in [2.05, 4.69) is 0 Å². The van der Waals surface area contributed by atoms with Crippen molar-refractivity contribution in [1.82, 2.24) is 4.90 Å². The predicted molar refractivity (Wildman–Crippen MR) is 114 cm³/mol. The number of amides is 1. The van der Waals surface area contributed by atoms with E-state index in [4.69, 9.17) is 0 Å². The van der Waals surface area contributed by atoms with Crippen molar-refractivity contribution in [2.45, 2.75) is 37.4 Å². The molecule has 0 N–H and O–H groups in total. The number of alkyl halides is 3. The lowest BCUT2D eigenvalue weighted by Crippen LogP contribution is -2.36. The van der Waals surface area contributed by atoms with Gasteiger partial charge in [0.2, 0.25) is 5.91 Å². The minimum atomic E-state index is -4.57. The fraction of sp³-hybridized carbons (Fsp3) is 0.269. The second-order valence-electron chi connectivity index (χ2n) is 8.29. The molecule has 178 valence electrons. The number of benzene rings is 3. The summed E-state index contributed by atoms with van der Waals surface area (Å²) in [5, 5.41) is 0. The molecule has 8 heteroatoms. The largest absolute Gasteiger partial charge is 0.416 e. The van der Waals surface area contributed by atoms with Gasteiger partial charge in [0.15, 0.2) is 0 Å². The van der Waals surface area contributed by atoms with Gasteiger partial charge in [-0.05, 0) is 55.2 Å². The first kappa shape index (κ1) is 23.9. The number of nitrogens with zero attached hydrogens (tertiary/aromatic N) is 1. The third-order valence-corrected chi connectivity index (χ3v) is 6.21. The summed E-state index contributed by atoms with van der Waals surface area (Å²) in [6.45, 7) is 0.300. The first-order chi connectivity index (χ1) is 16.2. The summed E-state index contributed by atoms with van der Waals surface area (Å²) in [6, 6.07) is 12.8. The van der Waals surface area contributed by atoms with E-state index < -0.39 is 47.1 Å². The third kappa shape index (κ3) is 4.81. The van der Waals surface area contributed by atoms with Crippen LogP contribution in [0.4, 0.5) is 26.3 Å². The number of hydrogen-bond donors (Lipinski definition) is 0. The average Bonchev–Trinajstić information content (AvgIpc) is 3.28. The maximum Gasteiger partial charge on any atom is 0.416 e. The predicted octanol–water partition coefficient (Wildman–Crippen LogP) is 6.81. The Bertz CT molecular complexity index is 1150. The lowest BCUT2D eigenvalue weighted by Gasteiger charge is -2.30. The monoisotopic (exact) mass is 477 g/mol. The molecule has 0 saturated carbocycles. The Morgan fingerprint density at radius 1 is 0.882 bits per heavy atom. The minimum Gasteiger partial charge on any atom is -0.335 e. The molecule has 1 fully saturated rings. The van der Waals surface area contributed by atoms with E-state index in [0.29, 0.717) is 24.9 Å². The normalized spacial score (nSPS) is 17.1. The van der Waals surface area contributed by atoms with Crippen molar-refractivity contribution in [2.75, 3.05) is 6.54 Å². The van der Waals surface area contributed by atoms with Gasteiger partial charge in [-0.1, -0.05) is 36.4 Å². The Labute approximate surface area is 192 Å². The van der Waals surface area contributed by atoms with Gasteiger partial charge in [0.05, 0.1) is 17.5 Å². The molecule has 0 bridgehead atoms. The zero-order valence-corrected chi connectivity index (χ0v) is 18.0. The highest BCUT2D eigenvalue weighted by molar-refractivity contribution is 5.85. The van der Waals surface area contributed by atoms with Crippen LogP contribution >= 0.6 is 0 Å². The smallest absolute Gasteiger partial charge is 0.335 e. The number of hydrogen-bond acceptors (Lipinski definition) is 1. The van der Waals surface area contributed by atoms with Gasteiger partial charge in [0.1, 0.15) is 17.5 Å². The first-order valence-corrected chi connectivity index (χ1v) is 10.8. The van der Waals surface area contributed by atoms with Crippen LogP contribution in [0.2, 0.25) is 0 Å². The van der Waals surface area contributed by atoms with E-state index in [1.165, 1.54) is 23.1 Å². The van der Waals surface area contributed by atoms with Crippen LogP contribution in [0.25, 0.3) is 0 Å². The van der Waals surface area contributed by atoms with Crippen molar-refractivity contribution < 1.29 is 31.1 Å². The number of carbonyl (C=O) groups excluding carboxylic acids is 1. The van der Waals surface area contributed by atoms with Crippen molar-refractivity contribution in [1.29, 1.82) is 0 Å². The van der Waals surface area contributed by atoms with Crippen molar-refractivity contribution in [3.63, 3.8) is 0 Å². The van der Waals surface area contributed by atoms with E-state index >= 15 is 0 Å². The molecular weight excluding hydrogens is 456 g/mol. The van der Waals surface area contributed by atoms with Crippen LogP contribution < -0.4 is 0 Å². The van der Waals surface area contributed by atoms with E-state index in [9.17, 15) is 31.1 Å². The van der Waals surface area contributed by atoms with Gasteiger partial charge in [-0.15, -0.1) is 0 Å². The zero-order valence-electron chi connectivity index (χ0n) is 18.0. The van der Waals surface area contributed by atoms with Gasteiger partial charge < -0.3 is 4.90 Å². The summed E-state index contributed by atoms with van der Waals surface area (Å²) in [7, 11) is 0. The zero-order chi connectivity index (χ0) is 24.5. The lowest BCUT2D eigenvalue weighted by atomic mass is 9.89. The lowest BCUT2D eigenvalue weighted by molar-refractivity contribution is -0.137. The van der Waals surface area contributed by atoms with E-state index in [0.717, 1.165) is 36.4 Å². The Hall–Kier alpha value is -3.29. The van der Waals surface area contributed by atoms with Gasteiger partial charge in [-0.3, -0.25) is 4.79 Å². The van der Waals surface area contributed by atoms with Crippen LogP contribution in [0, 0.1) is 17.5 Å². The highest BCUT2D eigenvalue weighted by Crippen LogP contribution is 2.38. The summed E-state index contributed by atoms with van der Waals surface area (Å²) >= 11 is 0. The van der Waals surface area contributed by atoms with E-state index in [1.807, 2.05) is 0 Å². The summed E-state index contributed by atoms with van der Waals surface area (Å²) in [6.07, 6.45) is -3.86. The quantitative estimate of drug-likeness (QED) is 0.370. The Morgan fingerprint density at radius 3 is 2.12 bits per heavy atom. The van der Waals surface area contributed by atoms with Gasteiger partial charge in [-0.2, -0.15) is 13.2 Å². The van der Waals surface area contributed by atoms with Gasteiger partial charge in [0, 0.05) is 17.7 Å². The van der Waals surface area contributed by atoms with Crippen molar-refractivity contribution in [3.05, 3.63) is 106 Å². The molecule has 1 aliphatic rings. The van der Waals surface area contributed by atoms with Crippen molar-refractivity contribution in [2.24, 2.45) is 0 Å². The Morgan fingerprint density at radius 2 is 1.50 bits per heavy atom. The topological polar surface area (TPSA) is 20.3 Å². The summed E-state index contributed by atoms with van der Waals surface area (Å²) in [4.78, 5) is 15.1. The molecule has 0 spiro atoms. The van der Waals surface area contributed by atoms with Gasteiger partial charge in [-0.25, -0.2) is 13.2 Å². The first-order valence-electron chi connectivity index (χ1n) is 10.8. The summed E-state index contributed by atoms with van der Waals surface area (Å²) < 4.78 is 82.4. The van der Waals surface area contributed by atoms with Crippen molar-refractivity contribution in [3.8, 4) is 0 Å². The van der Waals surface area contributed by atoms with Gasteiger partial charge in [0.25, 0.3) is 0 Å². The fourth-order valence-corrected chi connectivity index (χ4v) is 4.48. The van der Waals surface area contributed by atoms with Crippen LogP contribution in [0.5, 0.6) is 0 Å². The van der Waals surface area contributed by atoms with Crippen LogP contribution in [0.3, 0.4) is 0 Å². The SMILES string of the molecule is O=C(C(Cc1c(F)cccc1F)c1ccc(C(F)(F)F)cc1)N1CCCC1c1ccccc1F. The maximum absolute atomic E-state index is 14.5. The Kier molecular flexibility index (Phi) is 6.68. The molecule has 1 heterocycles. The third-order valence-electron chi connectivity index (χ3n) is 6.21. The molecule has 1 aliphatic heterocycles. The maximum atomic E-state index is 14.5. The number of rotatable bonds is 5. The fourth-order valence-electron chi connectivity index (χ4n) is 4.48. The summed E-state index contributed by atoms with van der Waals surface area (Å²) in [5.41, 5.74) is -0.705. The second kappa shape index (κ2) is 9.52. The molecule has 0 radical (unpaired) electrons. The second-order valence-corrected chi connectivity index (χ2v) is 8.29. The van der Waals surface area contributed by atoms with Gasteiger partial charge >= 0.3 is 6.18 Å². The van der Waals surface area contributed by atoms with Crippen LogP contribution in [0.1, 0.15) is 47.1 Å². The average molecular weight is 477 g/mol. The molecular formula is C26H21F6NO. The molecule has 34 heavy (non-hydrogen) atoms. The molecule has 2 unspecified atom stereocenters. The van der Waals surface area contributed by atoms with E-state index in [-0.39, 0.29) is 17.5 Å². The van der Waals surface area contributed by atoms with Crippen LogP contribution in [-0.2, 0) is 17.4 Å². The molecule has 0 aliphatic carbocycles. The van der Waals surface area contributed by atoms with Crippen LogP contribution in [-0.4, -0.2) is 17.4 Å². The Balaban J connectivity index is 1.73. The molecule has 2 atom stereocenters. The minimum absolute atomic E-state index is 0.194. The molecule has 4 rings (SSSR count). The number of carbonyl (C=O) groups is 1. The van der Waals surface area contributed by atoms with E-state index in [1.54, 1.807) is 12.1 Å². The highest BCUT2D eigenvalue weighted by Gasteiger charge is 2.37. The summed E-state index contributed by atoms with van der Waals surface area (Å²) in [5.74, 6) is -3.85. The molecule has 1 amide bonds. The van der Waals surface area contributed by atoms with Crippen LogP contribution in [0.15, 0.2) is 66.7 Å². The van der Waals surface area contributed by atoms with Crippen molar-refractivity contribution >= 4 is 5.91 Å². The number of halogens is 6. The molecule has 3 aromatic rings.